The largest absolute Gasteiger partial charge is 0.481 e. The highest BCUT2D eigenvalue weighted by Crippen LogP contribution is 2.13. The van der Waals surface area contributed by atoms with Crippen LogP contribution in [0.2, 0.25) is 0 Å². The summed E-state index contributed by atoms with van der Waals surface area (Å²) in [5, 5.41) is 12.8. The predicted molar refractivity (Wildman–Crippen MR) is 65.0 cm³/mol. The minimum absolute atomic E-state index is 0.174. The fourth-order valence-electron chi connectivity index (χ4n) is 1.86. The van der Waals surface area contributed by atoms with Gasteiger partial charge in [0.1, 0.15) is 0 Å². The predicted octanol–water partition coefficient (Wildman–Crippen LogP) is 1.71. The molecule has 1 aliphatic heterocycles. The molecule has 1 aliphatic rings. The van der Waals surface area contributed by atoms with Crippen molar-refractivity contribution < 1.29 is 9.90 Å². The first kappa shape index (κ1) is 11.7. The van der Waals surface area contributed by atoms with Crippen LogP contribution in [0.4, 0.5) is 0 Å². The van der Waals surface area contributed by atoms with E-state index in [2.05, 4.69) is 17.1 Å². The van der Waals surface area contributed by atoms with E-state index >= 15 is 0 Å². The molecule has 4 nitrogen and oxygen atoms in total. The molecule has 0 unspecified atom stereocenters. The topological polar surface area (TPSA) is 43.8 Å². The summed E-state index contributed by atoms with van der Waals surface area (Å²) in [6.07, 6.45) is 4.23. The summed E-state index contributed by atoms with van der Waals surface area (Å²) in [5.74, 6) is -0.753. The molecule has 0 fully saturated rings. The molecule has 4 heteroatoms. The number of hydrogen-bond acceptors (Lipinski definition) is 3. The van der Waals surface area contributed by atoms with E-state index in [4.69, 9.17) is 5.11 Å². The maximum absolute atomic E-state index is 10.6. The van der Waals surface area contributed by atoms with Crippen molar-refractivity contribution in [2.45, 2.75) is 13.0 Å². The van der Waals surface area contributed by atoms with Gasteiger partial charge in [-0.15, -0.1) is 0 Å². The van der Waals surface area contributed by atoms with E-state index in [-0.39, 0.29) is 6.42 Å². The highest BCUT2D eigenvalue weighted by Gasteiger charge is 2.16. The van der Waals surface area contributed by atoms with Crippen LogP contribution in [0.5, 0.6) is 0 Å². The molecule has 90 valence electrons. The van der Waals surface area contributed by atoms with Crippen LogP contribution in [0.3, 0.4) is 0 Å². The third-order valence-corrected chi connectivity index (χ3v) is 2.73. The van der Waals surface area contributed by atoms with Gasteiger partial charge in [-0.3, -0.25) is 4.79 Å². The van der Waals surface area contributed by atoms with Gasteiger partial charge < -0.3 is 10.1 Å². The molecule has 0 saturated carbocycles. The Morgan fingerprint density at radius 2 is 2.06 bits per heavy atom. The van der Waals surface area contributed by atoms with Crippen LogP contribution >= 0.6 is 0 Å². The Morgan fingerprint density at radius 1 is 1.29 bits per heavy atom. The van der Waals surface area contributed by atoms with E-state index in [1.165, 1.54) is 5.56 Å². The molecule has 0 aliphatic carbocycles. The number of aliphatic carboxylic acids is 1. The van der Waals surface area contributed by atoms with Gasteiger partial charge in [-0.2, -0.15) is 0 Å². The zero-order valence-electron chi connectivity index (χ0n) is 9.62. The van der Waals surface area contributed by atoms with E-state index in [9.17, 15) is 4.79 Å². The summed E-state index contributed by atoms with van der Waals surface area (Å²) in [7, 11) is 0. The number of rotatable bonds is 5. The highest BCUT2D eigenvalue weighted by molar-refractivity contribution is 5.66. The lowest BCUT2D eigenvalue weighted by Crippen LogP contribution is -2.36. The summed E-state index contributed by atoms with van der Waals surface area (Å²) in [5.41, 5.74) is 1.22. The standard InChI is InChI=1S/C13H16N2O2/c16-13(17)7-10-14-8-4-9-15(14)11-12-5-2-1-3-6-12/h1-6,9H,7-8,10-11H2,(H,16,17). The van der Waals surface area contributed by atoms with E-state index < -0.39 is 5.97 Å². The van der Waals surface area contributed by atoms with E-state index in [0.717, 1.165) is 13.1 Å². The summed E-state index contributed by atoms with van der Waals surface area (Å²) in [6, 6.07) is 10.2. The first-order valence-electron chi connectivity index (χ1n) is 5.69. The molecule has 17 heavy (non-hydrogen) atoms. The molecule has 1 heterocycles. The van der Waals surface area contributed by atoms with Gasteiger partial charge in [0, 0.05) is 19.3 Å². The van der Waals surface area contributed by atoms with Crippen LogP contribution in [0.15, 0.2) is 42.6 Å². The second-order valence-electron chi connectivity index (χ2n) is 4.02. The SMILES string of the molecule is O=C(O)CCN1CC=CN1Cc1ccccc1. The number of carboxylic acid groups (broad SMARTS) is 1. The van der Waals surface area contributed by atoms with Gasteiger partial charge in [-0.1, -0.05) is 36.4 Å². The maximum Gasteiger partial charge on any atom is 0.304 e. The summed E-state index contributed by atoms with van der Waals surface area (Å²) in [6.45, 7) is 2.13. The average Bonchev–Trinajstić information content (AvgIpc) is 2.75. The summed E-state index contributed by atoms with van der Waals surface area (Å²) < 4.78 is 0. The number of hydrogen-bond donors (Lipinski definition) is 1. The molecule has 0 radical (unpaired) electrons. The number of nitrogens with zero attached hydrogens (tertiary/aromatic N) is 2. The van der Waals surface area contributed by atoms with E-state index in [0.29, 0.717) is 6.54 Å². The smallest absolute Gasteiger partial charge is 0.304 e. The van der Waals surface area contributed by atoms with Crippen molar-refractivity contribution in [2.75, 3.05) is 13.1 Å². The van der Waals surface area contributed by atoms with Crippen molar-refractivity contribution in [2.24, 2.45) is 0 Å². The Hall–Kier alpha value is -1.81. The molecular formula is C13H16N2O2. The molecule has 0 bridgehead atoms. The van der Waals surface area contributed by atoms with Crippen molar-refractivity contribution in [3.8, 4) is 0 Å². The Balaban J connectivity index is 1.91. The first-order chi connectivity index (χ1) is 8.25. The Labute approximate surface area is 101 Å². The van der Waals surface area contributed by atoms with E-state index in [1.807, 2.05) is 35.5 Å². The second kappa shape index (κ2) is 5.50. The van der Waals surface area contributed by atoms with Gasteiger partial charge in [0.2, 0.25) is 0 Å². The Kier molecular flexibility index (Phi) is 3.77. The minimum atomic E-state index is -0.753. The Morgan fingerprint density at radius 3 is 2.76 bits per heavy atom. The lowest BCUT2D eigenvalue weighted by atomic mass is 10.2. The van der Waals surface area contributed by atoms with Crippen molar-refractivity contribution in [3.05, 3.63) is 48.2 Å². The van der Waals surface area contributed by atoms with Crippen LogP contribution < -0.4 is 0 Å². The molecule has 0 amide bonds. The normalized spacial score (nSPS) is 15.4. The number of carbonyl (C=O) groups is 1. The molecular weight excluding hydrogens is 216 g/mol. The molecule has 0 aromatic heterocycles. The lowest BCUT2D eigenvalue weighted by Gasteiger charge is -2.28. The van der Waals surface area contributed by atoms with Gasteiger partial charge in [0.25, 0.3) is 0 Å². The van der Waals surface area contributed by atoms with Crippen LogP contribution in [-0.2, 0) is 11.3 Å². The van der Waals surface area contributed by atoms with Crippen molar-refractivity contribution in [1.82, 2.24) is 10.0 Å². The Bertz CT molecular complexity index is 403. The summed E-state index contributed by atoms with van der Waals surface area (Å²) >= 11 is 0. The van der Waals surface area contributed by atoms with Crippen LogP contribution in [0.25, 0.3) is 0 Å². The molecule has 2 rings (SSSR count). The quantitative estimate of drug-likeness (QED) is 0.839. The molecule has 0 atom stereocenters. The fourth-order valence-corrected chi connectivity index (χ4v) is 1.86. The van der Waals surface area contributed by atoms with Crippen molar-refractivity contribution in [3.63, 3.8) is 0 Å². The molecule has 0 spiro atoms. The maximum atomic E-state index is 10.6. The number of hydrazine groups is 1. The van der Waals surface area contributed by atoms with E-state index in [1.54, 1.807) is 0 Å². The van der Waals surface area contributed by atoms with Crippen LogP contribution in [0.1, 0.15) is 12.0 Å². The zero-order valence-corrected chi connectivity index (χ0v) is 9.62. The van der Waals surface area contributed by atoms with Crippen LogP contribution in [-0.4, -0.2) is 34.2 Å². The molecule has 1 aromatic carbocycles. The van der Waals surface area contributed by atoms with Gasteiger partial charge in [-0.05, 0) is 5.56 Å². The second-order valence-corrected chi connectivity index (χ2v) is 4.02. The van der Waals surface area contributed by atoms with Crippen molar-refractivity contribution >= 4 is 5.97 Å². The fraction of sp³-hybridized carbons (Fsp3) is 0.308. The highest BCUT2D eigenvalue weighted by atomic mass is 16.4. The minimum Gasteiger partial charge on any atom is -0.481 e. The zero-order chi connectivity index (χ0) is 12.1. The van der Waals surface area contributed by atoms with Gasteiger partial charge in [0.15, 0.2) is 0 Å². The molecule has 0 saturated heterocycles. The third-order valence-electron chi connectivity index (χ3n) is 2.73. The third kappa shape index (κ3) is 3.32. The molecule has 1 aromatic rings. The van der Waals surface area contributed by atoms with Gasteiger partial charge >= 0.3 is 5.97 Å². The summed E-state index contributed by atoms with van der Waals surface area (Å²) in [4.78, 5) is 10.6. The van der Waals surface area contributed by atoms with Crippen LogP contribution in [0, 0.1) is 0 Å². The number of carboxylic acids is 1. The average molecular weight is 232 g/mol. The van der Waals surface area contributed by atoms with Gasteiger partial charge in [0.05, 0.1) is 13.0 Å². The number of benzene rings is 1. The monoisotopic (exact) mass is 232 g/mol. The lowest BCUT2D eigenvalue weighted by molar-refractivity contribution is -0.138. The first-order valence-corrected chi connectivity index (χ1v) is 5.69. The molecule has 1 N–H and O–H groups in total. The van der Waals surface area contributed by atoms with Gasteiger partial charge in [-0.25, -0.2) is 5.01 Å². The van der Waals surface area contributed by atoms with Crippen molar-refractivity contribution in [1.29, 1.82) is 0 Å².